The van der Waals surface area contributed by atoms with Crippen LogP contribution in [0.5, 0.6) is 5.75 Å². The highest BCUT2D eigenvalue weighted by Crippen LogP contribution is 2.31. The topological polar surface area (TPSA) is 108 Å². The molecule has 1 saturated heterocycles. The molecule has 4 amide bonds. The zero-order valence-corrected chi connectivity index (χ0v) is 19.6. The SMILES string of the molecule is COc1ccc(N2CC(C(=O)Nc3ccc(C(=O)N4CC(=O)Nc5ccccc54)cc3)CC2=O)cc1. The summed E-state index contributed by atoms with van der Waals surface area (Å²) in [5.41, 5.74) is 2.84. The highest BCUT2D eigenvalue weighted by Gasteiger charge is 2.35. The molecule has 0 radical (unpaired) electrons. The third-order valence-electron chi connectivity index (χ3n) is 6.30. The average Bonchev–Trinajstić information content (AvgIpc) is 3.30. The number of nitrogens with one attached hydrogen (secondary N) is 2. The fraction of sp³-hybridized carbons (Fsp3) is 0.185. The van der Waals surface area contributed by atoms with Gasteiger partial charge in [-0.1, -0.05) is 12.1 Å². The predicted molar refractivity (Wildman–Crippen MR) is 135 cm³/mol. The third-order valence-corrected chi connectivity index (χ3v) is 6.30. The Morgan fingerprint density at radius 2 is 1.69 bits per heavy atom. The molecule has 36 heavy (non-hydrogen) atoms. The summed E-state index contributed by atoms with van der Waals surface area (Å²) >= 11 is 0. The molecule has 0 saturated carbocycles. The molecular weight excluding hydrogens is 460 g/mol. The van der Waals surface area contributed by atoms with Gasteiger partial charge in [0.05, 0.1) is 24.4 Å². The fourth-order valence-corrected chi connectivity index (χ4v) is 4.41. The number of para-hydroxylation sites is 2. The quantitative estimate of drug-likeness (QED) is 0.578. The van der Waals surface area contributed by atoms with Gasteiger partial charge in [-0.3, -0.25) is 24.1 Å². The summed E-state index contributed by atoms with van der Waals surface area (Å²) < 4.78 is 5.15. The lowest BCUT2D eigenvalue weighted by Crippen LogP contribution is -2.42. The Hall–Kier alpha value is -4.66. The summed E-state index contributed by atoms with van der Waals surface area (Å²) in [6.07, 6.45) is 0.116. The van der Waals surface area contributed by atoms with Crippen molar-refractivity contribution in [2.24, 2.45) is 5.92 Å². The second-order valence-electron chi connectivity index (χ2n) is 8.63. The van der Waals surface area contributed by atoms with Crippen molar-refractivity contribution < 1.29 is 23.9 Å². The third kappa shape index (κ3) is 4.50. The number of carbonyl (C=O) groups excluding carboxylic acids is 4. The van der Waals surface area contributed by atoms with E-state index in [4.69, 9.17) is 4.74 Å². The second kappa shape index (κ2) is 9.53. The van der Waals surface area contributed by atoms with E-state index in [2.05, 4.69) is 10.6 Å². The molecule has 0 spiro atoms. The van der Waals surface area contributed by atoms with Crippen LogP contribution in [-0.4, -0.2) is 43.8 Å². The van der Waals surface area contributed by atoms with Crippen LogP contribution in [0.1, 0.15) is 16.8 Å². The molecule has 3 aromatic rings. The van der Waals surface area contributed by atoms with Gasteiger partial charge < -0.3 is 20.3 Å². The molecule has 2 aliphatic rings. The van der Waals surface area contributed by atoms with Crippen LogP contribution < -0.4 is 25.2 Å². The molecule has 0 aliphatic carbocycles. The van der Waals surface area contributed by atoms with Crippen molar-refractivity contribution in [1.82, 2.24) is 0 Å². The number of ether oxygens (including phenoxy) is 1. The van der Waals surface area contributed by atoms with Crippen LogP contribution in [0.25, 0.3) is 0 Å². The van der Waals surface area contributed by atoms with E-state index in [0.717, 1.165) is 0 Å². The van der Waals surface area contributed by atoms with Crippen molar-refractivity contribution in [3.05, 3.63) is 78.4 Å². The molecule has 2 heterocycles. The lowest BCUT2D eigenvalue weighted by Gasteiger charge is -2.29. The predicted octanol–water partition coefficient (Wildman–Crippen LogP) is 3.29. The van der Waals surface area contributed by atoms with Gasteiger partial charge in [-0.15, -0.1) is 0 Å². The number of carbonyl (C=O) groups is 4. The van der Waals surface area contributed by atoms with Gasteiger partial charge in [0.25, 0.3) is 5.91 Å². The maximum atomic E-state index is 13.1. The van der Waals surface area contributed by atoms with E-state index in [1.807, 2.05) is 0 Å². The number of nitrogens with zero attached hydrogens (tertiary/aromatic N) is 2. The van der Waals surface area contributed by atoms with Gasteiger partial charge in [-0.2, -0.15) is 0 Å². The van der Waals surface area contributed by atoms with Gasteiger partial charge in [0, 0.05) is 29.9 Å². The number of fused-ring (bicyclic) bond motifs is 1. The van der Waals surface area contributed by atoms with E-state index in [9.17, 15) is 19.2 Å². The lowest BCUT2D eigenvalue weighted by atomic mass is 10.1. The highest BCUT2D eigenvalue weighted by molar-refractivity contribution is 6.15. The minimum Gasteiger partial charge on any atom is -0.497 e. The van der Waals surface area contributed by atoms with E-state index in [-0.39, 0.29) is 43.1 Å². The van der Waals surface area contributed by atoms with Crippen molar-refractivity contribution >= 4 is 46.4 Å². The van der Waals surface area contributed by atoms with Crippen LogP contribution in [0.4, 0.5) is 22.7 Å². The molecule has 9 nitrogen and oxygen atoms in total. The summed E-state index contributed by atoms with van der Waals surface area (Å²) in [4.78, 5) is 53.6. The Balaban J connectivity index is 1.24. The average molecular weight is 485 g/mol. The molecule has 9 heteroatoms. The smallest absolute Gasteiger partial charge is 0.258 e. The first-order valence-corrected chi connectivity index (χ1v) is 11.5. The van der Waals surface area contributed by atoms with Gasteiger partial charge in [0.15, 0.2) is 0 Å². The monoisotopic (exact) mass is 484 g/mol. The summed E-state index contributed by atoms with van der Waals surface area (Å²) in [5, 5.41) is 5.60. The van der Waals surface area contributed by atoms with Gasteiger partial charge >= 0.3 is 0 Å². The highest BCUT2D eigenvalue weighted by atomic mass is 16.5. The van der Waals surface area contributed by atoms with Crippen molar-refractivity contribution in [1.29, 1.82) is 0 Å². The zero-order valence-electron chi connectivity index (χ0n) is 19.6. The molecular formula is C27H24N4O5. The second-order valence-corrected chi connectivity index (χ2v) is 8.63. The molecule has 0 aromatic heterocycles. The van der Waals surface area contributed by atoms with Gasteiger partial charge in [0.2, 0.25) is 17.7 Å². The largest absolute Gasteiger partial charge is 0.497 e. The first-order valence-electron chi connectivity index (χ1n) is 11.5. The molecule has 5 rings (SSSR count). The van der Waals surface area contributed by atoms with Crippen LogP contribution in [0.3, 0.4) is 0 Å². The van der Waals surface area contributed by atoms with E-state index in [1.54, 1.807) is 84.8 Å². The molecule has 182 valence electrons. The van der Waals surface area contributed by atoms with Crippen LogP contribution in [0.15, 0.2) is 72.8 Å². The van der Waals surface area contributed by atoms with Gasteiger partial charge in [0.1, 0.15) is 12.3 Å². The first-order chi connectivity index (χ1) is 17.4. The Bertz CT molecular complexity index is 1340. The Labute approximate surface area is 207 Å². The van der Waals surface area contributed by atoms with E-state index in [0.29, 0.717) is 34.1 Å². The molecule has 0 bridgehead atoms. The molecule has 1 unspecified atom stereocenters. The van der Waals surface area contributed by atoms with E-state index >= 15 is 0 Å². The fourth-order valence-electron chi connectivity index (χ4n) is 4.41. The first kappa shape index (κ1) is 23.1. The number of benzene rings is 3. The molecule has 1 atom stereocenters. The van der Waals surface area contributed by atoms with Crippen molar-refractivity contribution in [2.45, 2.75) is 6.42 Å². The number of rotatable bonds is 5. The Morgan fingerprint density at radius 1 is 0.972 bits per heavy atom. The van der Waals surface area contributed by atoms with Crippen LogP contribution in [-0.2, 0) is 14.4 Å². The minimum absolute atomic E-state index is 0.0747. The van der Waals surface area contributed by atoms with Crippen LogP contribution in [0, 0.1) is 5.92 Å². The number of anilines is 4. The van der Waals surface area contributed by atoms with Crippen molar-refractivity contribution in [3.63, 3.8) is 0 Å². The maximum absolute atomic E-state index is 13.1. The van der Waals surface area contributed by atoms with E-state index < -0.39 is 5.92 Å². The minimum atomic E-state index is -0.496. The molecule has 2 aliphatic heterocycles. The van der Waals surface area contributed by atoms with Crippen LogP contribution >= 0.6 is 0 Å². The van der Waals surface area contributed by atoms with Gasteiger partial charge in [-0.05, 0) is 60.7 Å². The lowest BCUT2D eigenvalue weighted by molar-refractivity contribution is -0.122. The zero-order chi connectivity index (χ0) is 25.2. The molecule has 2 N–H and O–H groups in total. The standard InChI is InChI=1S/C27H24N4O5/c1-36-21-12-10-20(11-13-21)30-15-18(14-25(30)33)26(34)28-19-8-6-17(7-9-19)27(35)31-16-24(32)29-22-4-2-3-5-23(22)31/h2-13,18H,14-16H2,1H3,(H,28,34)(H,29,32). The summed E-state index contributed by atoms with van der Waals surface area (Å²) in [5.74, 6) is -0.766. The normalized spacial score (nSPS) is 16.9. The number of hydrogen-bond donors (Lipinski definition) is 2. The van der Waals surface area contributed by atoms with Crippen molar-refractivity contribution in [2.75, 3.05) is 40.6 Å². The van der Waals surface area contributed by atoms with Gasteiger partial charge in [-0.25, -0.2) is 0 Å². The number of hydrogen-bond acceptors (Lipinski definition) is 5. The maximum Gasteiger partial charge on any atom is 0.258 e. The van der Waals surface area contributed by atoms with Crippen molar-refractivity contribution in [3.8, 4) is 5.75 Å². The number of amides is 4. The molecule has 3 aromatic carbocycles. The Kier molecular flexibility index (Phi) is 6.12. The number of methoxy groups -OCH3 is 1. The summed E-state index contributed by atoms with van der Waals surface area (Å²) in [6.45, 7) is 0.207. The molecule has 1 fully saturated rings. The summed E-state index contributed by atoms with van der Waals surface area (Å²) in [7, 11) is 1.57. The van der Waals surface area contributed by atoms with E-state index in [1.165, 1.54) is 4.90 Å². The van der Waals surface area contributed by atoms with Crippen LogP contribution in [0.2, 0.25) is 0 Å². The summed E-state index contributed by atoms with van der Waals surface area (Å²) in [6, 6.07) is 20.7. The Morgan fingerprint density at radius 3 is 2.42 bits per heavy atom.